The summed E-state index contributed by atoms with van der Waals surface area (Å²) < 4.78 is 0. The second-order valence-electron chi connectivity index (χ2n) is 0.516. The number of hydrogen-bond acceptors (Lipinski definition) is 3. The number of rotatable bonds is 1. The standard InChI is InChI=1S/C2H4O2S.2CH4.Sn/c3-2(4)1-5;;;/h5H,1H2,(H,3,4);2*1H4;/q;;;+2/p-2. The third-order valence-electron chi connectivity index (χ3n) is 0.118. The minimum Gasteiger partial charge on any atom is -0.787 e. The summed E-state index contributed by atoms with van der Waals surface area (Å²) in [6.07, 6.45) is 0. The molecule has 4 heteroatoms. The van der Waals surface area contributed by atoms with Crippen LogP contribution in [0.1, 0.15) is 14.9 Å². The molecule has 0 aromatic carbocycles. The Morgan fingerprint density at radius 2 is 1.62 bits per heavy atom. The Bertz CT molecular complexity index is 49.3. The van der Waals surface area contributed by atoms with E-state index in [9.17, 15) is 0 Å². The summed E-state index contributed by atoms with van der Waals surface area (Å²) in [5, 5.41) is 9.15. The Kier molecular flexibility index (Phi) is 45.9. The molecule has 0 rings (SSSR count). The summed E-state index contributed by atoms with van der Waals surface area (Å²) >= 11 is 4.01. The van der Waals surface area contributed by atoms with E-state index < -0.39 is 5.97 Å². The van der Waals surface area contributed by atoms with Gasteiger partial charge >= 0.3 is 23.9 Å². The molecule has 0 aliphatic carbocycles. The van der Waals surface area contributed by atoms with Crippen molar-refractivity contribution in [1.29, 1.82) is 0 Å². The van der Waals surface area contributed by atoms with E-state index in [4.69, 9.17) is 9.90 Å². The van der Waals surface area contributed by atoms with Crippen LogP contribution >= 0.6 is 0 Å². The molecule has 0 N–H and O–H groups in total. The molecule has 48 valence electrons. The SMILES string of the molecule is C.C.O=C([O-])C[S-].[Sn+2]. The second-order valence-corrected chi connectivity index (χ2v) is 0.805. The van der Waals surface area contributed by atoms with Gasteiger partial charge in [0.1, 0.15) is 0 Å². The summed E-state index contributed by atoms with van der Waals surface area (Å²) in [6, 6.07) is 0. The van der Waals surface area contributed by atoms with Crippen molar-refractivity contribution in [1.82, 2.24) is 0 Å². The minimum absolute atomic E-state index is 0. The average molecular weight is 241 g/mol. The summed E-state index contributed by atoms with van der Waals surface area (Å²) in [5.41, 5.74) is 0. The zero-order chi connectivity index (χ0) is 4.28. The van der Waals surface area contributed by atoms with Crippen molar-refractivity contribution in [2.75, 3.05) is 5.75 Å². The molecule has 0 atom stereocenters. The number of hydrogen-bond donors (Lipinski definition) is 0. The van der Waals surface area contributed by atoms with Gasteiger partial charge in [-0.2, -0.15) is 0 Å². The van der Waals surface area contributed by atoms with Crippen molar-refractivity contribution in [2.45, 2.75) is 14.9 Å². The quantitative estimate of drug-likeness (QED) is 0.444. The Morgan fingerprint density at radius 3 is 1.62 bits per heavy atom. The fourth-order valence-electron chi connectivity index (χ4n) is 0. The monoisotopic (exact) mass is 242 g/mol. The summed E-state index contributed by atoms with van der Waals surface area (Å²) in [4.78, 5) is 9.15. The Labute approximate surface area is 73.0 Å². The van der Waals surface area contributed by atoms with E-state index in [1.54, 1.807) is 0 Å². The molecule has 2 radical (unpaired) electrons. The number of carboxylic acid groups (broad SMARTS) is 1. The normalized spacial score (nSPS) is 4.62. The maximum atomic E-state index is 9.15. The van der Waals surface area contributed by atoms with Gasteiger partial charge in [0, 0.05) is 5.97 Å². The summed E-state index contributed by atoms with van der Waals surface area (Å²) in [5.74, 6) is -1.49. The predicted octanol–water partition coefficient (Wildman–Crippen LogP) is -0.825. The molecule has 0 aromatic heterocycles. The van der Waals surface area contributed by atoms with Crippen LogP contribution in [0.3, 0.4) is 0 Å². The molecule has 8 heavy (non-hydrogen) atoms. The molecule has 0 amide bonds. The van der Waals surface area contributed by atoms with E-state index in [2.05, 4.69) is 12.6 Å². The molecule has 0 bridgehead atoms. The van der Waals surface area contributed by atoms with Crippen molar-refractivity contribution in [3.63, 3.8) is 0 Å². The van der Waals surface area contributed by atoms with Crippen LogP contribution in [-0.4, -0.2) is 35.6 Å². The number of carbonyl (C=O) groups is 1. The molecule has 0 aliphatic heterocycles. The van der Waals surface area contributed by atoms with Gasteiger partial charge < -0.3 is 22.5 Å². The maximum Gasteiger partial charge on any atom is 2.00 e. The van der Waals surface area contributed by atoms with Crippen molar-refractivity contribution in [3.8, 4) is 0 Å². The van der Waals surface area contributed by atoms with Crippen LogP contribution in [0.15, 0.2) is 0 Å². The van der Waals surface area contributed by atoms with Crippen molar-refractivity contribution in [3.05, 3.63) is 0 Å². The Balaban J connectivity index is -0.0000000267. The van der Waals surface area contributed by atoms with E-state index in [1.807, 2.05) is 0 Å². The van der Waals surface area contributed by atoms with E-state index in [0.717, 1.165) is 0 Å². The molecule has 0 spiro atoms. The van der Waals surface area contributed by atoms with E-state index in [1.165, 1.54) is 0 Å². The van der Waals surface area contributed by atoms with Crippen molar-refractivity contribution >= 4 is 42.5 Å². The summed E-state index contributed by atoms with van der Waals surface area (Å²) in [6.45, 7) is 0. The van der Waals surface area contributed by atoms with Crippen LogP contribution in [0.25, 0.3) is 0 Å². The van der Waals surface area contributed by atoms with Crippen molar-refractivity contribution < 1.29 is 9.90 Å². The average Bonchev–Trinajstić information content (AvgIpc) is 1.38. The van der Waals surface area contributed by atoms with Gasteiger partial charge in [-0.15, -0.1) is 5.75 Å². The first-order valence-electron chi connectivity index (χ1n) is 1.05. The fraction of sp³-hybridized carbons (Fsp3) is 0.750. The minimum atomic E-state index is -1.18. The molecule has 0 saturated heterocycles. The van der Waals surface area contributed by atoms with Gasteiger partial charge in [0.25, 0.3) is 0 Å². The van der Waals surface area contributed by atoms with Gasteiger partial charge in [-0.25, -0.2) is 0 Å². The van der Waals surface area contributed by atoms with Crippen LogP contribution in [0.2, 0.25) is 0 Å². The van der Waals surface area contributed by atoms with Crippen LogP contribution in [-0.2, 0) is 17.4 Å². The summed E-state index contributed by atoms with van der Waals surface area (Å²) in [7, 11) is 0. The fourth-order valence-corrected chi connectivity index (χ4v) is 0. The third kappa shape index (κ3) is 30.5. The van der Waals surface area contributed by atoms with Crippen LogP contribution in [0.5, 0.6) is 0 Å². The number of aliphatic carboxylic acids is 1. The second kappa shape index (κ2) is 15.6. The van der Waals surface area contributed by atoms with Gasteiger partial charge in [0.05, 0.1) is 0 Å². The van der Waals surface area contributed by atoms with Crippen LogP contribution in [0.4, 0.5) is 0 Å². The largest absolute Gasteiger partial charge is 2.00 e. The molecule has 0 heterocycles. The zero-order valence-corrected chi connectivity index (χ0v) is 6.60. The Morgan fingerprint density at radius 1 is 1.50 bits per heavy atom. The molecule has 2 nitrogen and oxygen atoms in total. The maximum absolute atomic E-state index is 9.15. The molecule has 0 aliphatic rings. The first-order chi connectivity index (χ1) is 2.27. The first-order valence-corrected chi connectivity index (χ1v) is 1.63. The molecule has 0 unspecified atom stereocenters. The van der Waals surface area contributed by atoms with Gasteiger partial charge in [0.15, 0.2) is 0 Å². The molecule has 0 fully saturated rings. The molecular weight excluding hydrogens is 231 g/mol. The number of carbonyl (C=O) groups excluding carboxylic acids is 1. The number of carboxylic acids is 1. The zero-order valence-electron chi connectivity index (χ0n) is 2.93. The van der Waals surface area contributed by atoms with E-state index in [0.29, 0.717) is 0 Å². The van der Waals surface area contributed by atoms with Gasteiger partial charge in [-0.3, -0.25) is 0 Å². The first kappa shape index (κ1) is 23.5. The van der Waals surface area contributed by atoms with E-state index >= 15 is 0 Å². The molecular formula is C4H10O2SSn. The van der Waals surface area contributed by atoms with Gasteiger partial charge in [-0.05, 0) is 0 Å². The topological polar surface area (TPSA) is 40.1 Å². The van der Waals surface area contributed by atoms with Crippen LogP contribution in [0, 0.1) is 0 Å². The van der Waals surface area contributed by atoms with Gasteiger partial charge in [-0.1, -0.05) is 14.9 Å². The smallest absolute Gasteiger partial charge is 0.787 e. The molecule has 0 aromatic rings. The van der Waals surface area contributed by atoms with Crippen LogP contribution < -0.4 is 5.11 Å². The third-order valence-corrected chi connectivity index (χ3v) is 0.354. The Hall–Kier alpha value is 0.619. The van der Waals surface area contributed by atoms with E-state index in [-0.39, 0.29) is 44.5 Å². The van der Waals surface area contributed by atoms with Gasteiger partial charge in [0.2, 0.25) is 0 Å². The predicted molar refractivity (Wildman–Crippen MR) is 36.5 cm³/mol. The van der Waals surface area contributed by atoms with Crippen molar-refractivity contribution in [2.24, 2.45) is 0 Å². The molecule has 0 saturated carbocycles.